The van der Waals surface area contributed by atoms with Gasteiger partial charge in [0.25, 0.3) is 5.91 Å². The zero-order chi connectivity index (χ0) is 23.9. The molecule has 34 heavy (non-hydrogen) atoms. The number of benzene rings is 2. The van der Waals surface area contributed by atoms with Crippen LogP contribution < -0.4 is 10.1 Å². The van der Waals surface area contributed by atoms with Crippen LogP contribution in [-0.2, 0) is 11.3 Å². The van der Waals surface area contributed by atoms with Crippen molar-refractivity contribution in [2.75, 3.05) is 7.11 Å². The molecule has 1 atom stereocenters. The van der Waals surface area contributed by atoms with Crippen LogP contribution in [0.1, 0.15) is 64.5 Å². The van der Waals surface area contributed by atoms with Crippen LogP contribution in [0.5, 0.6) is 5.75 Å². The quantitative estimate of drug-likeness (QED) is 0.440. The summed E-state index contributed by atoms with van der Waals surface area (Å²) >= 11 is 1.40. The summed E-state index contributed by atoms with van der Waals surface area (Å²) in [6, 6.07) is 18.6. The number of aryl methyl sites for hydroxylation is 1. The van der Waals surface area contributed by atoms with Gasteiger partial charge in [-0.1, -0.05) is 61.7 Å². The summed E-state index contributed by atoms with van der Waals surface area (Å²) in [5.74, 6) is 0.503. The van der Waals surface area contributed by atoms with E-state index < -0.39 is 6.04 Å². The summed E-state index contributed by atoms with van der Waals surface area (Å²) in [5, 5.41) is 5.17. The lowest BCUT2D eigenvalue weighted by Gasteiger charge is -2.34. The van der Waals surface area contributed by atoms with E-state index in [-0.39, 0.29) is 17.9 Å². The lowest BCUT2D eigenvalue weighted by Crippen LogP contribution is -2.47. The third kappa shape index (κ3) is 5.68. The minimum atomic E-state index is -0.722. The smallest absolute Gasteiger partial charge is 0.265 e. The fraction of sp³-hybridized carbons (Fsp3) is 0.357. The molecule has 0 saturated heterocycles. The van der Waals surface area contributed by atoms with Crippen LogP contribution in [0.2, 0.25) is 0 Å². The van der Waals surface area contributed by atoms with Gasteiger partial charge in [0.2, 0.25) is 5.91 Å². The van der Waals surface area contributed by atoms with E-state index >= 15 is 0 Å². The van der Waals surface area contributed by atoms with Crippen LogP contribution in [0.25, 0.3) is 0 Å². The summed E-state index contributed by atoms with van der Waals surface area (Å²) in [6.45, 7) is 2.31. The molecule has 1 N–H and O–H groups in total. The third-order valence-electron chi connectivity index (χ3n) is 6.50. The number of nitrogens with zero attached hydrogens (tertiary/aromatic N) is 1. The van der Waals surface area contributed by atoms with Crippen molar-refractivity contribution in [3.05, 3.63) is 87.6 Å². The Bertz CT molecular complexity index is 1090. The fourth-order valence-corrected chi connectivity index (χ4v) is 5.30. The summed E-state index contributed by atoms with van der Waals surface area (Å²) in [6.07, 6.45) is 5.45. The highest BCUT2D eigenvalue weighted by Gasteiger charge is 2.34. The zero-order valence-corrected chi connectivity index (χ0v) is 20.6. The molecule has 1 heterocycles. The minimum Gasteiger partial charge on any atom is -0.497 e. The molecule has 1 fully saturated rings. The molecule has 5 nitrogen and oxygen atoms in total. The van der Waals surface area contributed by atoms with Gasteiger partial charge in [0.15, 0.2) is 0 Å². The van der Waals surface area contributed by atoms with Gasteiger partial charge >= 0.3 is 0 Å². The standard InChI is InChI=1S/C28H32N2O3S/c1-20-9-6-7-12-24(20)26(27(31)29-22-10-4-3-5-11-22)30(28(32)25-13-8-18-34-25)19-21-14-16-23(33-2)17-15-21/h6-9,12-18,22,26H,3-5,10-11,19H2,1-2H3,(H,29,31)/t26-/m1/s1. The van der Waals surface area contributed by atoms with Crippen molar-refractivity contribution in [2.45, 2.75) is 57.7 Å². The highest BCUT2D eigenvalue weighted by Crippen LogP contribution is 2.30. The van der Waals surface area contributed by atoms with Crippen LogP contribution in [0.4, 0.5) is 0 Å². The Morgan fingerprint density at radius 1 is 1.03 bits per heavy atom. The molecule has 0 spiro atoms. The average molecular weight is 477 g/mol. The van der Waals surface area contributed by atoms with E-state index in [0.717, 1.165) is 48.1 Å². The number of methoxy groups -OCH3 is 1. The molecular weight excluding hydrogens is 444 g/mol. The Kier molecular flexibility index (Phi) is 8.01. The number of carbonyl (C=O) groups is 2. The predicted octanol–water partition coefficient (Wildman–Crippen LogP) is 5.90. The Labute approximate surface area is 205 Å². The Hall–Kier alpha value is -3.12. The highest BCUT2D eigenvalue weighted by molar-refractivity contribution is 7.12. The molecule has 1 aromatic heterocycles. The lowest BCUT2D eigenvalue weighted by molar-refractivity contribution is -0.127. The van der Waals surface area contributed by atoms with Crippen LogP contribution in [-0.4, -0.2) is 29.9 Å². The van der Waals surface area contributed by atoms with Crippen molar-refractivity contribution in [1.82, 2.24) is 10.2 Å². The van der Waals surface area contributed by atoms with E-state index in [2.05, 4.69) is 5.32 Å². The summed E-state index contributed by atoms with van der Waals surface area (Å²) in [7, 11) is 1.63. The van der Waals surface area contributed by atoms with Crippen LogP contribution in [0.3, 0.4) is 0 Å². The second-order valence-electron chi connectivity index (χ2n) is 8.86. The predicted molar refractivity (Wildman–Crippen MR) is 136 cm³/mol. The second kappa shape index (κ2) is 11.3. The SMILES string of the molecule is COc1ccc(CN(C(=O)c2cccs2)[C@@H](C(=O)NC2CCCCC2)c2ccccc2C)cc1. The van der Waals surface area contributed by atoms with Gasteiger partial charge in [-0.3, -0.25) is 9.59 Å². The molecule has 4 rings (SSSR count). The van der Waals surface area contributed by atoms with Gasteiger partial charge < -0.3 is 15.0 Å². The van der Waals surface area contributed by atoms with Crippen molar-refractivity contribution in [2.24, 2.45) is 0 Å². The second-order valence-corrected chi connectivity index (χ2v) is 9.81. The molecule has 0 unspecified atom stereocenters. The van der Waals surface area contributed by atoms with E-state index in [9.17, 15) is 9.59 Å². The molecule has 1 aliphatic carbocycles. The number of hydrogen-bond donors (Lipinski definition) is 1. The Balaban J connectivity index is 1.73. The number of nitrogens with one attached hydrogen (secondary N) is 1. The first-order chi connectivity index (χ1) is 16.6. The zero-order valence-electron chi connectivity index (χ0n) is 19.8. The van der Waals surface area contributed by atoms with E-state index in [1.54, 1.807) is 12.0 Å². The number of ether oxygens (including phenoxy) is 1. The van der Waals surface area contributed by atoms with Crippen molar-refractivity contribution in [1.29, 1.82) is 0 Å². The first-order valence-corrected chi connectivity index (χ1v) is 12.8. The van der Waals surface area contributed by atoms with Gasteiger partial charge in [-0.2, -0.15) is 0 Å². The number of thiophene rings is 1. The molecule has 6 heteroatoms. The molecule has 0 radical (unpaired) electrons. The number of hydrogen-bond acceptors (Lipinski definition) is 4. The summed E-state index contributed by atoms with van der Waals surface area (Å²) in [5.41, 5.74) is 2.79. The highest BCUT2D eigenvalue weighted by atomic mass is 32.1. The van der Waals surface area contributed by atoms with E-state index in [1.807, 2.05) is 73.0 Å². The molecule has 0 bridgehead atoms. The maximum absolute atomic E-state index is 13.8. The Morgan fingerprint density at radius 3 is 2.41 bits per heavy atom. The molecule has 2 aromatic carbocycles. The first-order valence-electron chi connectivity index (χ1n) is 11.9. The molecule has 3 aromatic rings. The topological polar surface area (TPSA) is 58.6 Å². The van der Waals surface area contributed by atoms with Gasteiger partial charge in [0.05, 0.1) is 12.0 Å². The molecule has 0 aliphatic heterocycles. The van der Waals surface area contributed by atoms with Crippen molar-refractivity contribution in [3.8, 4) is 5.75 Å². The number of carbonyl (C=O) groups excluding carboxylic acids is 2. The van der Waals surface area contributed by atoms with Gasteiger partial charge in [0, 0.05) is 12.6 Å². The maximum atomic E-state index is 13.8. The van der Waals surface area contributed by atoms with Crippen molar-refractivity contribution >= 4 is 23.2 Å². The Morgan fingerprint density at radius 2 is 1.76 bits per heavy atom. The number of rotatable bonds is 8. The van der Waals surface area contributed by atoms with Gasteiger partial charge in [-0.15, -0.1) is 11.3 Å². The minimum absolute atomic E-state index is 0.111. The monoisotopic (exact) mass is 476 g/mol. The van der Waals surface area contributed by atoms with E-state index in [4.69, 9.17) is 4.74 Å². The fourth-order valence-electron chi connectivity index (χ4n) is 4.62. The third-order valence-corrected chi connectivity index (χ3v) is 7.36. The van der Waals surface area contributed by atoms with Gasteiger partial charge in [0.1, 0.15) is 11.8 Å². The largest absolute Gasteiger partial charge is 0.497 e. The summed E-state index contributed by atoms with van der Waals surface area (Å²) < 4.78 is 5.29. The van der Waals surface area contributed by atoms with Crippen molar-refractivity contribution < 1.29 is 14.3 Å². The van der Waals surface area contributed by atoms with Crippen molar-refractivity contribution in [3.63, 3.8) is 0 Å². The van der Waals surface area contributed by atoms with Gasteiger partial charge in [-0.05, 0) is 60.0 Å². The van der Waals surface area contributed by atoms with Gasteiger partial charge in [-0.25, -0.2) is 0 Å². The number of amides is 2. The normalized spacial score (nSPS) is 14.9. The van der Waals surface area contributed by atoms with E-state index in [1.165, 1.54) is 17.8 Å². The molecule has 2 amide bonds. The molecule has 178 valence electrons. The maximum Gasteiger partial charge on any atom is 0.265 e. The lowest BCUT2D eigenvalue weighted by atomic mass is 9.93. The van der Waals surface area contributed by atoms with Crippen LogP contribution in [0.15, 0.2) is 66.0 Å². The van der Waals surface area contributed by atoms with Crippen LogP contribution in [0, 0.1) is 6.92 Å². The molecular formula is C28H32N2O3S. The average Bonchev–Trinajstić information content (AvgIpc) is 3.40. The molecule has 1 saturated carbocycles. The summed E-state index contributed by atoms with van der Waals surface area (Å²) in [4.78, 5) is 30.0. The molecule has 1 aliphatic rings. The van der Waals surface area contributed by atoms with Crippen LogP contribution >= 0.6 is 11.3 Å². The first kappa shape index (κ1) is 24.0. The van der Waals surface area contributed by atoms with E-state index in [0.29, 0.717) is 11.4 Å².